The molecule has 0 aromatic heterocycles. The first-order valence-electron chi connectivity index (χ1n) is 7.96. The van der Waals surface area contributed by atoms with Crippen molar-refractivity contribution in [2.24, 2.45) is 0 Å². The number of amides is 1. The number of hydrogen-bond acceptors (Lipinski definition) is 3. The fourth-order valence-corrected chi connectivity index (χ4v) is 3.30. The first-order valence-corrected chi connectivity index (χ1v) is 7.96. The maximum absolute atomic E-state index is 12.7. The summed E-state index contributed by atoms with van der Waals surface area (Å²) in [6.45, 7) is 7.78. The fourth-order valence-electron chi connectivity index (χ4n) is 3.30. The number of fused-ring (bicyclic) bond motifs is 1. The maximum atomic E-state index is 12.7. The van der Waals surface area contributed by atoms with Crippen LogP contribution in [0.4, 0.5) is 5.69 Å². The highest BCUT2D eigenvalue weighted by Crippen LogP contribution is 2.26. The van der Waals surface area contributed by atoms with Gasteiger partial charge >= 0.3 is 0 Å². The number of hydrogen-bond donors (Lipinski definition) is 2. The van der Waals surface area contributed by atoms with E-state index in [0.717, 1.165) is 38.3 Å². The van der Waals surface area contributed by atoms with Gasteiger partial charge in [0.25, 0.3) is 0 Å². The van der Waals surface area contributed by atoms with Crippen LogP contribution < -0.4 is 10.6 Å². The zero-order chi connectivity index (χ0) is 14.9. The Morgan fingerprint density at radius 1 is 1.19 bits per heavy atom. The van der Waals surface area contributed by atoms with E-state index in [1.807, 2.05) is 19.9 Å². The minimum atomic E-state index is -0.471. The number of carbonyl (C=O) groups is 1. The molecule has 0 unspecified atom stereocenters. The Kier molecular flexibility index (Phi) is 4.00. The Morgan fingerprint density at radius 2 is 1.90 bits per heavy atom. The number of nitrogens with zero attached hydrogens (tertiary/aromatic N) is 1. The maximum Gasteiger partial charge on any atom is 0.244 e. The van der Waals surface area contributed by atoms with Crippen molar-refractivity contribution in [3.8, 4) is 0 Å². The van der Waals surface area contributed by atoms with Crippen LogP contribution in [0.15, 0.2) is 18.2 Å². The molecule has 1 amide bonds. The lowest BCUT2D eigenvalue weighted by molar-refractivity contribution is -0.126. The number of piperazine rings is 1. The summed E-state index contributed by atoms with van der Waals surface area (Å²) in [6.07, 6.45) is 3.55. The molecule has 1 aliphatic carbocycles. The third-order valence-corrected chi connectivity index (χ3v) is 4.82. The minimum absolute atomic E-state index is 0.0855. The van der Waals surface area contributed by atoms with Crippen LogP contribution in [0, 0.1) is 0 Å². The second-order valence-corrected chi connectivity index (χ2v) is 6.59. The van der Waals surface area contributed by atoms with Crippen LogP contribution >= 0.6 is 0 Å². The van der Waals surface area contributed by atoms with Crippen LogP contribution in [0.1, 0.15) is 31.4 Å². The number of anilines is 1. The van der Waals surface area contributed by atoms with E-state index in [2.05, 4.69) is 27.7 Å². The Labute approximate surface area is 126 Å². The van der Waals surface area contributed by atoms with E-state index in [-0.39, 0.29) is 5.91 Å². The van der Waals surface area contributed by atoms with Crippen molar-refractivity contribution < 1.29 is 4.79 Å². The van der Waals surface area contributed by atoms with Crippen molar-refractivity contribution >= 4 is 11.6 Å². The van der Waals surface area contributed by atoms with E-state index in [0.29, 0.717) is 0 Å². The standard InChI is InChI=1S/C17H25N3O/c1-17(2,20-10-8-18-9-11-20)16(21)19-15-7-6-13-4-3-5-14(13)12-15/h6-7,12,18H,3-5,8-11H2,1-2H3,(H,19,21). The molecule has 0 bridgehead atoms. The average molecular weight is 287 g/mol. The summed E-state index contributed by atoms with van der Waals surface area (Å²) in [6, 6.07) is 6.35. The molecule has 21 heavy (non-hydrogen) atoms. The molecule has 1 heterocycles. The van der Waals surface area contributed by atoms with Crippen LogP contribution in [0.3, 0.4) is 0 Å². The highest BCUT2D eigenvalue weighted by atomic mass is 16.2. The van der Waals surface area contributed by atoms with Gasteiger partial charge in [0.05, 0.1) is 5.54 Å². The van der Waals surface area contributed by atoms with E-state index in [4.69, 9.17) is 0 Å². The average Bonchev–Trinajstić information content (AvgIpc) is 2.95. The number of rotatable bonds is 3. The zero-order valence-electron chi connectivity index (χ0n) is 13.0. The lowest BCUT2D eigenvalue weighted by atomic mass is 10.00. The van der Waals surface area contributed by atoms with E-state index in [1.54, 1.807) is 0 Å². The molecule has 0 saturated carbocycles. The van der Waals surface area contributed by atoms with Gasteiger partial charge in [0.15, 0.2) is 0 Å². The molecule has 1 fully saturated rings. The van der Waals surface area contributed by atoms with Gasteiger partial charge in [0, 0.05) is 31.9 Å². The largest absolute Gasteiger partial charge is 0.324 e. The van der Waals surface area contributed by atoms with Gasteiger partial charge < -0.3 is 10.6 Å². The monoisotopic (exact) mass is 287 g/mol. The van der Waals surface area contributed by atoms with Crippen LogP contribution in [-0.2, 0) is 17.6 Å². The molecule has 4 heteroatoms. The second-order valence-electron chi connectivity index (χ2n) is 6.59. The first-order chi connectivity index (χ1) is 10.1. The lowest BCUT2D eigenvalue weighted by Crippen LogP contribution is -2.58. The molecule has 4 nitrogen and oxygen atoms in total. The molecule has 2 aliphatic rings. The highest BCUT2D eigenvalue weighted by molar-refractivity contribution is 5.97. The third-order valence-electron chi connectivity index (χ3n) is 4.82. The van der Waals surface area contributed by atoms with Gasteiger partial charge in [-0.1, -0.05) is 6.07 Å². The summed E-state index contributed by atoms with van der Waals surface area (Å²) in [5.41, 5.74) is 3.30. The molecular weight excluding hydrogens is 262 g/mol. The Hall–Kier alpha value is -1.39. The summed E-state index contributed by atoms with van der Waals surface area (Å²) in [5, 5.41) is 6.44. The van der Waals surface area contributed by atoms with Crippen molar-refractivity contribution in [1.82, 2.24) is 10.2 Å². The molecule has 114 valence electrons. The van der Waals surface area contributed by atoms with E-state index in [9.17, 15) is 4.79 Å². The normalized spacial score (nSPS) is 19.3. The summed E-state index contributed by atoms with van der Waals surface area (Å²) in [7, 11) is 0. The van der Waals surface area contributed by atoms with Gasteiger partial charge in [-0.2, -0.15) is 0 Å². The molecule has 1 aliphatic heterocycles. The molecule has 0 radical (unpaired) electrons. The number of nitrogens with one attached hydrogen (secondary N) is 2. The van der Waals surface area contributed by atoms with Gasteiger partial charge in [-0.25, -0.2) is 0 Å². The predicted molar refractivity (Wildman–Crippen MR) is 85.6 cm³/mol. The highest BCUT2D eigenvalue weighted by Gasteiger charge is 2.35. The quantitative estimate of drug-likeness (QED) is 0.891. The number of aryl methyl sites for hydroxylation is 2. The minimum Gasteiger partial charge on any atom is -0.324 e. The van der Waals surface area contributed by atoms with Gasteiger partial charge in [-0.3, -0.25) is 9.69 Å². The summed E-state index contributed by atoms with van der Waals surface area (Å²) in [5.74, 6) is 0.0855. The Balaban J connectivity index is 1.70. The van der Waals surface area contributed by atoms with Crippen molar-refractivity contribution in [1.29, 1.82) is 0 Å². The van der Waals surface area contributed by atoms with Gasteiger partial charge in [-0.05, 0) is 56.4 Å². The smallest absolute Gasteiger partial charge is 0.244 e. The van der Waals surface area contributed by atoms with E-state index >= 15 is 0 Å². The fraction of sp³-hybridized carbons (Fsp3) is 0.588. The molecular formula is C17H25N3O. The molecule has 1 aromatic carbocycles. The summed E-state index contributed by atoms with van der Waals surface area (Å²) in [4.78, 5) is 14.9. The third kappa shape index (κ3) is 2.97. The van der Waals surface area contributed by atoms with Crippen LogP contribution in [0.5, 0.6) is 0 Å². The van der Waals surface area contributed by atoms with Crippen LogP contribution in [-0.4, -0.2) is 42.5 Å². The predicted octanol–water partition coefficient (Wildman–Crippen LogP) is 1.80. The first kappa shape index (κ1) is 14.5. The van der Waals surface area contributed by atoms with Gasteiger partial charge in [-0.15, -0.1) is 0 Å². The Bertz CT molecular complexity index is 533. The molecule has 2 N–H and O–H groups in total. The van der Waals surface area contributed by atoms with Crippen molar-refractivity contribution in [3.05, 3.63) is 29.3 Å². The lowest BCUT2D eigenvalue weighted by Gasteiger charge is -2.39. The summed E-state index contributed by atoms with van der Waals surface area (Å²) < 4.78 is 0. The van der Waals surface area contributed by atoms with Crippen LogP contribution in [0.2, 0.25) is 0 Å². The molecule has 0 atom stereocenters. The van der Waals surface area contributed by atoms with Crippen molar-refractivity contribution in [2.45, 2.75) is 38.6 Å². The van der Waals surface area contributed by atoms with Crippen molar-refractivity contribution in [2.75, 3.05) is 31.5 Å². The molecule has 3 rings (SSSR count). The van der Waals surface area contributed by atoms with Crippen molar-refractivity contribution in [3.63, 3.8) is 0 Å². The number of carbonyl (C=O) groups excluding carboxylic acids is 1. The van der Waals surface area contributed by atoms with E-state index in [1.165, 1.54) is 24.0 Å². The SMILES string of the molecule is CC(C)(C(=O)Nc1ccc2c(c1)CCC2)N1CCNCC1. The topological polar surface area (TPSA) is 44.4 Å². The molecule has 1 saturated heterocycles. The van der Waals surface area contributed by atoms with Crippen LogP contribution in [0.25, 0.3) is 0 Å². The zero-order valence-corrected chi connectivity index (χ0v) is 13.0. The number of benzene rings is 1. The second kappa shape index (κ2) is 5.78. The Morgan fingerprint density at radius 3 is 2.67 bits per heavy atom. The summed E-state index contributed by atoms with van der Waals surface area (Å²) >= 11 is 0. The molecule has 0 spiro atoms. The van der Waals surface area contributed by atoms with Gasteiger partial charge in [0.1, 0.15) is 0 Å². The molecule has 1 aromatic rings. The van der Waals surface area contributed by atoms with E-state index < -0.39 is 5.54 Å². The van der Waals surface area contributed by atoms with Gasteiger partial charge in [0.2, 0.25) is 5.91 Å².